The highest BCUT2D eigenvalue weighted by Crippen LogP contribution is 2.30. The van der Waals surface area contributed by atoms with Gasteiger partial charge in [0.25, 0.3) is 0 Å². The molecule has 1 rings (SSSR count). The third-order valence-electron chi connectivity index (χ3n) is 3.46. The first-order chi connectivity index (χ1) is 8.79. The van der Waals surface area contributed by atoms with Crippen molar-refractivity contribution in [2.24, 2.45) is 0 Å². The van der Waals surface area contributed by atoms with Crippen molar-refractivity contribution in [2.45, 2.75) is 64.3 Å². The molecule has 1 N–H and O–H groups in total. The molecule has 0 amide bonds. The fourth-order valence-corrected chi connectivity index (χ4v) is 3.93. The second-order valence-electron chi connectivity index (χ2n) is 4.93. The third-order valence-corrected chi connectivity index (χ3v) is 5.21. The molecule has 0 aromatic carbocycles. The molecule has 1 unspecified atom stereocenters. The van der Waals surface area contributed by atoms with Crippen molar-refractivity contribution in [3.63, 3.8) is 0 Å². The predicted molar refractivity (Wildman–Crippen MR) is 86.4 cm³/mol. The average Bonchev–Trinajstić information content (AvgIpc) is 2.79. The van der Waals surface area contributed by atoms with Gasteiger partial charge in [0, 0.05) is 15.9 Å². The van der Waals surface area contributed by atoms with Crippen LogP contribution in [0.2, 0.25) is 0 Å². The summed E-state index contributed by atoms with van der Waals surface area (Å²) in [6, 6.07) is 0.515. The van der Waals surface area contributed by atoms with Crippen LogP contribution in [0.25, 0.3) is 0 Å². The van der Waals surface area contributed by atoms with Crippen LogP contribution in [0.15, 0.2) is 15.2 Å². The van der Waals surface area contributed by atoms with E-state index in [1.165, 1.54) is 61.4 Å². The Morgan fingerprint density at radius 2 is 1.78 bits per heavy atom. The Hall–Kier alpha value is 0.140. The van der Waals surface area contributed by atoms with Gasteiger partial charge in [-0.05, 0) is 40.3 Å². The fourth-order valence-electron chi connectivity index (χ4n) is 2.30. The maximum atomic E-state index is 3.63. The van der Waals surface area contributed by atoms with E-state index >= 15 is 0 Å². The first kappa shape index (κ1) is 16.2. The predicted octanol–water partition coefficient (Wildman–Crippen LogP) is 5.91. The molecule has 104 valence electrons. The molecule has 0 aliphatic rings. The number of hydrogen-bond acceptors (Lipinski definition) is 2. The summed E-state index contributed by atoms with van der Waals surface area (Å²) in [6.07, 6.45) is 10.9. The first-order valence-corrected chi connectivity index (χ1v) is 8.92. The Labute approximate surface area is 125 Å². The van der Waals surface area contributed by atoms with E-state index in [-0.39, 0.29) is 0 Å². The molecule has 1 aromatic rings. The van der Waals surface area contributed by atoms with Crippen LogP contribution in [0.5, 0.6) is 0 Å². The minimum absolute atomic E-state index is 0.515. The average molecular weight is 332 g/mol. The summed E-state index contributed by atoms with van der Waals surface area (Å²) in [7, 11) is 2.07. The maximum Gasteiger partial charge on any atom is 0.0337 e. The van der Waals surface area contributed by atoms with Crippen molar-refractivity contribution in [2.75, 3.05) is 7.05 Å². The molecule has 0 bridgehead atoms. The van der Waals surface area contributed by atoms with Gasteiger partial charge in [-0.15, -0.1) is 0 Å². The second-order valence-corrected chi connectivity index (χ2v) is 6.52. The summed E-state index contributed by atoms with van der Waals surface area (Å²) in [5.41, 5.74) is 1.42. The lowest BCUT2D eigenvalue weighted by atomic mass is 10.0. The topological polar surface area (TPSA) is 12.0 Å². The van der Waals surface area contributed by atoms with Gasteiger partial charge in [-0.1, -0.05) is 51.9 Å². The smallest absolute Gasteiger partial charge is 0.0337 e. The standard InChI is InChI=1S/C15H26BrNS/c1-3-4-5-6-7-8-9-10-15(17-2)13-11-18-12-14(13)16/h11-12,15,17H,3-10H2,1-2H3. The molecular weight excluding hydrogens is 306 g/mol. The van der Waals surface area contributed by atoms with E-state index in [9.17, 15) is 0 Å². The third kappa shape index (κ3) is 5.85. The Morgan fingerprint density at radius 1 is 1.11 bits per heavy atom. The minimum Gasteiger partial charge on any atom is -0.313 e. The highest BCUT2D eigenvalue weighted by atomic mass is 79.9. The van der Waals surface area contributed by atoms with Crippen LogP contribution in [0.4, 0.5) is 0 Å². The van der Waals surface area contributed by atoms with Crippen LogP contribution in [0, 0.1) is 0 Å². The molecule has 0 saturated heterocycles. The van der Waals surface area contributed by atoms with Gasteiger partial charge in [0.2, 0.25) is 0 Å². The zero-order chi connectivity index (χ0) is 13.2. The van der Waals surface area contributed by atoms with Crippen molar-refractivity contribution < 1.29 is 0 Å². The van der Waals surface area contributed by atoms with Crippen molar-refractivity contribution in [3.8, 4) is 0 Å². The normalized spacial score (nSPS) is 12.8. The van der Waals surface area contributed by atoms with E-state index in [0.29, 0.717) is 6.04 Å². The molecule has 1 heterocycles. The number of rotatable bonds is 10. The number of hydrogen-bond donors (Lipinski definition) is 1. The molecule has 0 aliphatic heterocycles. The summed E-state index contributed by atoms with van der Waals surface area (Å²) in [6.45, 7) is 2.27. The lowest BCUT2D eigenvalue weighted by molar-refractivity contribution is 0.495. The molecule has 1 atom stereocenters. The number of unbranched alkanes of at least 4 members (excludes halogenated alkanes) is 6. The molecule has 0 radical (unpaired) electrons. The lowest BCUT2D eigenvalue weighted by Crippen LogP contribution is -2.15. The van der Waals surface area contributed by atoms with Gasteiger partial charge in [0.15, 0.2) is 0 Å². The molecule has 3 heteroatoms. The highest BCUT2D eigenvalue weighted by Gasteiger charge is 2.12. The Bertz CT molecular complexity index is 311. The summed E-state index contributed by atoms with van der Waals surface area (Å²) in [5, 5.41) is 7.86. The SMILES string of the molecule is CCCCCCCCCC(NC)c1cscc1Br. The molecular formula is C15H26BrNS. The highest BCUT2D eigenvalue weighted by molar-refractivity contribution is 9.10. The van der Waals surface area contributed by atoms with Crippen LogP contribution in [-0.4, -0.2) is 7.05 Å². The summed E-state index contributed by atoms with van der Waals surface area (Å²) < 4.78 is 1.26. The van der Waals surface area contributed by atoms with Gasteiger partial charge in [0.1, 0.15) is 0 Å². The minimum atomic E-state index is 0.515. The molecule has 0 fully saturated rings. The summed E-state index contributed by atoms with van der Waals surface area (Å²) in [4.78, 5) is 0. The Balaban J connectivity index is 2.15. The maximum absolute atomic E-state index is 3.63. The zero-order valence-corrected chi connectivity index (χ0v) is 14.1. The van der Waals surface area contributed by atoms with E-state index in [2.05, 4.69) is 46.0 Å². The molecule has 1 nitrogen and oxygen atoms in total. The monoisotopic (exact) mass is 331 g/mol. The van der Waals surface area contributed by atoms with Crippen molar-refractivity contribution >= 4 is 27.3 Å². The van der Waals surface area contributed by atoms with Crippen molar-refractivity contribution in [3.05, 3.63) is 20.8 Å². The molecule has 0 spiro atoms. The summed E-state index contributed by atoms with van der Waals surface area (Å²) in [5.74, 6) is 0. The quantitative estimate of drug-likeness (QED) is 0.525. The van der Waals surface area contributed by atoms with E-state index < -0.39 is 0 Å². The lowest BCUT2D eigenvalue weighted by Gasteiger charge is -2.15. The fraction of sp³-hybridized carbons (Fsp3) is 0.733. The first-order valence-electron chi connectivity index (χ1n) is 7.18. The van der Waals surface area contributed by atoms with Crippen LogP contribution in [-0.2, 0) is 0 Å². The Morgan fingerprint density at radius 3 is 2.33 bits per heavy atom. The zero-order valence-electron chi connectivity index (χ0n) is 11.7. The van der Waals surface area contributed by atoms with E-state index in [4.69, 9.17) is 0 Å². The molecule has 0 aliphatic carbocycles. The summed E-state index contributed by atoms with van der Waals surface area (Å²) >= 11 is 5.41. The molecule has 18 heavy (non-hydrogen) atoms. The van der Waals surface area contributed by atoms with Crippen molar-refractivity contribution in [1.82, 2.24) is 5.32 Å². The van der Waals surface area contributed by atoms with Crippen molar-refractivity contribution in [1.29, 1.82) is 0 Å². The van der Waals surface area contributed by atoms with E-state index in [1.54, 1.807) is 11.3 Å². The van der Waals surface area contributed by atoms with Gasteiger partial charge in [-0.2, -0.15) is 11.3 Å². The van der Waals surface area contributed by atoms with Gasteiger partial charge in [0.05, 0.1) is 0 Å². The number of thiophene rings is 1. The Kier molecular flexibility index (Phi) is 8.99. The van der Waals surface area contributed by atoms with Gasteiger partial charge in [-0.3, -0.25) is 0 Å². The van der Waals surface area contributed by atoms with E-state index in [0.717, 1.165) is 0 Å². The van der Waals surface area contributed by atoms with Crippen LogP contribution in [0.1, 0.15) is 69.9 Å². The van der Waals surface area contributed by atoms with Gasteiger partial charge in [-0.25, -0.2) is 0 Å². The second kappa shape index (κ2) is 9.99. The molecule has 1 aromatic heterocycles. The van der Waals surface area contributed by atoms with Gasteiger partial charge < -0.3 is 5.32 Å². The molecule has 0 saturated carbocycles. The number of halogens is 1. The van der Waals surface area contributed by atoms with Crippen LogP contribution < -0.4 is 5.32 Å². The van der Waals surface area contributed by atoms with E-state index in [1.807, 2.05) is 0 Å². The van der Waals surface area contributed by atoms with Gasteiger partial charge >= 0.3 is 0 Å². The largest absolute Gasteiger partial charge is 0.313 e. The van der Waals surface area contributed by atoms with Crippen LogP contribution in [0.3, 0.4) is 0 Å². The number of nitrogens with one attached hydrogen (secondary N) is 1. The van der Waals surface area contributed by atoms with Crippen LogP contribution >= 0.6 is 27.3 Å².